The van der Waals surface area contributed by atoms with Crippen molar-refractivity contribution < 1.29 is 17.9 Å². The number of rotatable bonds is 11. The van der Waals surface area contributed by atoms with Crippen LogP contribution in [-0.2, 0) is 26.2 Å². The van der Waals surface area contributed by atoms with E-state index in [2.05, 4.69) is 5.32 Å². The van der Waals surface area contributed by atoms with Crippen molar-refractivity contribution in [1.82, 2.24) is 5.32 Å². The van der Waals surface area contributed by atoms with E-state index >= 15 is 0 Å². The highest BCUT2D eigenvalue weighted by molar-refractivity contribution is 7.92. The van der Waals surface area contributed by atoms with Crippen molar-refractivity contribution in [1.29, 1.82) is 0 Å². The second-order valence-electron chi connectivity index (χ2n) is 6.40. The molecule has 0 aliphatic heterocycles. The smallest absolute Gasteiger partial charge is 0.232 e. The highest BCUT2D eigenvalue weighted by Crippen LogP contribution is 2.35. The Morgan fingerprint density at radius 2 is 1.72 bits per heavy atom. The van der Waals surface area contributed by atoms with Gasteiger partial charge in [-0.3, -0.25) is 9.10 Å². The first kappa shape index (κ1) is 23.5. The fourth-order valence-electron chi connectivity index (χ4n) is 2.67. The zero-order valence-electron chi connectivity index (χ0n) is 16.1. The topological polar surface area (TPSA) is 75.7 Å². The van der Waals surface area contributed by atoms with E-state index in [4.69, 9.17) is 27.9 Å². The van der Waals surface area contributed by atoms with Gasteiger partial charge in [0, 0.05) is 19.5 Å². The monoisotopic (exact) mass is 458 g/mol. The molecule has 0 saturated heterocycles. The molecule has 0 aliphatic carbocycles. The van der Waals surface area contributed by atoms with Gasteiger partial charge in [-0.05, 0) is 24.1 Å². The number of hydrogen-bond acceptors (Lipinski definition) is 4. The first-order valence-corrected chi connectivity index (χ1v) is 11.7. The van der Waals surface area contributed by atoms with E-state index in [1.54, 1.807) is 18.2 Å². The summed E-state index contributed by atoms with van der Waals surface area (Å²) in [5.41, 5.74) is 1.30. The Hall–Kier alpha value is -1.80. The first-order chi connectivity index (χ1) is 13.8. The van der Waals surface area contributed by atoms with Crippen LogP contribution < -0.4 is 9.62 Å². The van der Waals surface area contributed by atoms with Gasteiger partial charge in [-0.1, -0.05) is 59.6 Å². The van der Waals surface area contributed by atoms with Crippen LogP contribution in [0.15, 0.2) is 48.5 Å². The van der Waals surface area contributed by atoms with Crippen molar-refractivity contribution in [2.24, 2.45) is 0 Å². The van der Waals surface area contributed by atoms with Crippen LogP contribution in [0.1, 0.15) is 18.4 Å². The van der Waals surface area contributed by atoms with Crippen LogP contribution in [0.3, 0.4) is 0 Å². The second kappa shape index (κ2) is 11.4. The molecule has 1 N–H and O–H groups in total. The number of ether oxygens (including phenoxy) is 1. The largest absolute Gasteiger partial charge is 0.375 e. The summed E-state index contributed by atoms with van der Waals surface area (Å²) < 4.78 is 31.0. The second-order valence-corrected chi connectivity index (χ2v) is 9.12. The standard InChI is InChI=1S/C20H24Cl2N2O4S/c1-29(26,27)24(20-17(21)9-5-10-18(20)22)13-6-11-19(25)23-12-14-28-15-16-7-3-2-4-8-16/h2-5,7-10H,6,11-15H2,1H3,(H,23,25). The van der Waals surface area contributed by atoms with Crippen LogP contribution in [0.25, 0.3) is 0 Å². The molecule has 2 aromatic carbocycles. The Balaban J connectivity index is 1.75. The number of nitrogens with zero attached hydrogens (tertiary/aromatic N) is 1. The molecule has 0 atom stereocenters. The summed E-state index contributed by atoms with van der Waals surface area (Å²) in [5, 5.41) is 3.24. The highest BCUT2D eigenvalue weighted by atomic mass is 35.5. The van der Waals surface area contributed by atoms with E-state index in [1.165, 1.54) is 0 Å². The van der Waals surface area contributed by atoms with E-state index in [0.717, 1.165) is 16.1 Å². The molecule has 0 aromatic heterocycles. The number of anilines is 1. The van der Waals surface area contributed by atoms with Gasteiger partial charge in [-0.15, -0.1) is 0 Å². The molecule has 0 heterocycles. The Kier molecular flexibility index (Phi) is 9.23. The van der Waals surface area contributed by atoms with Gasteiger partial charge in [0.25, 0.3) is 0 Å². The molecule has 29 heavy (non-hydrogen) atoms. The molecule has 6 nitrogen and oxygen atoms in total. The molecule has 1 amide bonds. The molecule has 9 heteroatoms. The first-order valence-electron chi connectivity index (χ1n) is 9.09. The summed E-state index contributed by atoms with van der Waals surface area (Å²) in [6.07, 6.45) is 1.58. The predicted molar refractivity (Wildman–Crippen MR) is 117 cm³/mol. The van der Waals surface area contributed by atoms with Crippen LogP contribution in [0.5, 0.6) is 0 Å². The highest BCUT2D eigenvalue weighted by Gasteiger charge is 2.22. The molecular weight excluding hydrogens is 435 g/mol. The maximum absolute atomic E-state index is 12.2. The summed E-state index contributed by atoms with van der Waals surface area (Å²) in [5.74, 6) is -0.174. The van der Waals surface area contributed by atoms with Crippen molar-refractivity contribution in [3.05, 3.63) is 64.1 Å². The van der Waals surface area contributed by atoms with E-state index in [1.807, 2.05) is 30.3 Å². The number of carbonyl (C=O) groups is 1. The lowest BCUT2D eigenvalue weighted by Crippen LogP contribution is -2.33. The fourth-order valence-corrected chi connectivity index (χ4v) is 4.36. The zero-order chi connectivity index (χ0) is 21.3. The molecule has 0 fully saturated rings. The SMILES string of the molecule is CS(=O)(=O)N(CCCC(=O)NCCOCc1ccccc1)c1c(Cl)cccc1Cl. The lowest BCUT2D eigenvalue weighted by molar-refractivity contribution is -0.121. The fraction of sp³-hybridized carbons (Fsp3) is 0.350. The summed E-state index contributed by atoms with van der Waals surface area (Å²) >= 11 is 12.3. The molecule has 2 aromatic rings. The summed E-state index contributed by atoms with van der Waals surface area (Å²) in [4.78, 5) is 12.0. The molecular formula is C20H24Cl2N2O4S. The number of nitrogens with one attached hydrogen (secondary N) is 1. The van der Waals surface area contributed by atoms with E-state index in [9.17, 15) is 13.2 Å². The van der Waals surface area contributed by atoms with Gasteiger partial charge in [0.1, 0.15) is 0 Å². The molecule has 0 saturated carbocycles. The third-order valence-electron chi connectivity index (χ3n) is 4.03. The number of carbonyl (C=O) groups excluding carboxylic acids is 1. The van der Waals surface area contributed by atoms with Crippen LogP contribution in [-0.4, -0.2) is 40.3 Å². The minimum Gasteiger partial charge on any atom is -0.375 e. The number of halogens is 2. The molecule has 0 radical (unpaired) electrons. The van der Waals surface area contributed by atoms with Crippen molar-refractivity contribution in [2.45, 2.75) is 19.4 Å². The average Bonchev–Trinajstić information content (AvgIpc) is 2.66. The van der Waals surface area contributed by atoms with Crippen LogP contribution in [0, 0.1) is 0 Å². The van der Waals surface area contributed by atoms with Gasteiger partial charge in [-0.2, -0.15) is 0 Å². The molecule has 2 rings (SSSR count). The maximum Gasteiger partial charge on any atom is 0.232 e. The van der Waals surface area contributed by atoms with Gasteiger partial charge in [-0.25, -0.2) is 8.42 Å². The summed E-state index contributed by atoms with van der Waals surface area (Å²) in [6.45, 7) is 1.36. The number of amides is 1. The minimum absolute atomic E-state index is 0.0974. The van der Waals surface area contributed by atoms with Gasteiger partial charge >= 0.3 is 0 Å². The normalized spacial score (nSPS) is 11.3. The molecule has 158 valence electrons. The maximum atomic E-state index is 12.2. The lowest BCUT2D eigenvalue weighted by atomic mass is 10.2. The van der Waals surface area contributed by atoms with Gasteiger partial charge < -0.3 is 10.1 Å². The molecule has 0 unspecified atom stereocenters. The quantitative estimate of drug-likeness (QED) is 0.518. The Bertz CT molecular complexity index is 888. The molecule has 0 aliphatic rings. The predicted octanol–water partition coefficient (Wildman–Crippen LogP) is 3.87. The van der Waals surface area contributed by atoms with E-state index < -0.39 is 10.0 Å². The van der Waals surface area contributed by atoms with Gasteiger partial charge in [0.2, 0.25) is 15.9 Å². The van der Waals surface area contributed by atoms with Gasteiger partial charge in [0.05, 0.1) is 35.2 Å². The summed E-state index contributed by atoms with van der Waals surface area (Å²) in [6, 6.07) is 14.5. The number of benzene rings is 2. The number of hydrogen-bond donors (Lipinski definition) is 1. The third kappa shape index (κ3) is 7.85. The van der Waals surface area contributed by atoms with E-state index in [0.29, 0.717) is 26.2 Å². The van der Waals surface area contributed by atoms with Crippen molar-refractivity contribution in [2.75, 3.05) is 30.3 Å². The summed E-state index contributed by atoms with van der Waals surface area (Å²) in [7, 11) is -3.60. The van der Waals surface area contributed by atoms with Crippen LogP contribution in [0.4, 0.5) is 5.69 Å². The average molecular weight is 459 g/mol. The molecule has 0 bridgehead atoms. The van der Waals surface area contributed by atoms with Crippen LogP contribution in [0.2, 0.25) is 10.0 Å². The zero-order valence-corrected chi connectivity index (χ0v) is 18.4. The number of sulfonamides is 1. The number of para-hydroxylation sites is 1. The molecule has 0 spiro atoms. The van der Waals surface area contributed by atoms with Crippen molar-refractivity contribution in [3.63, 3.8) is 0 Å². The van der Waals surface area contributed by atoms with Crippen molar-refractivity contribution >= 4 is 44.8 Å². The third-order valence-corrected chi connectivity index (χ3v) is 5.81. The van der Waals surface area contributed by atoms with Crippen molar-refractivity contribution in [3.8, 4) is 0 Å². The minimum atomic E-state index is -3.60. The Morgan fingerprint density at radius 3 is 2.34 bits per heavy atom. The van der Waals surface area contributed by atoms with Crippen LogP contribution >= 0.6 is 23.2 Å². The van der Waals surface area contributed by atoms with E-state index in [-0.39, 0.29) is 34.6 Å². The lowest BCUT2D eigenvalue weighted by Gasteiger charge is -2.24. The Morgan fingerprint density at radius 1 is 1.07 bits per heavy atom. The Labute approximate surface area is 181 Å². The van der Waals surface area contributed by atoms with Gasteiger partial charge in [0.15, 0.2) is 0 Å².